The lowest BCUT2D eigenvalue weighted by Gasteiger charge is -2.38. The van der Waals surface area contributed by atoms with Crippen LogP contribution in [0.15, 0.2) is 47.6 Å². The topological polar surface area (TPSA) is 109 Å². The predicted molar refractivity (Wildman–Crippen MR) is 142 cm³/mol. The molecule has 10 heteroatoms. The number of carbonyl (C=O) groups excluding carboxylic acids is 1. The molecule has 204 valence electrons. The minimum absolute atomic E-state index is 0.0163. The number of pyridine rings is 1. The van der Waals surface area contributed by atoms with Crippen LogP contribution in [0.25, 0.3) is 0 Å². The average molecular weight is 542 g/mol. The van der Waals surface area contributed by atoms with Crippen molar-refractivity contribution in [3.63, 3.8) is 0 Å². The molecule has 2 aliphatic rings. The number of hydrogen-bond acceptors (Lipinski definition) is 7. The van der Waals surface area contributed by atoms with Crippen molar-refractivity contribution in [2.75, 3.05) is 40.0 Å². The summed E-state index contributed by atoms with van der Waals surface area (Å²) < 4.78 is 40.5. The Morgan fingerprint density at radius 2 is 1.87 bits per heavy atom. The van der Waals surface area contributed by atoms with Gasteiger partial charge < -0.3 is 19.5 Å². The van der Waals surface area contributed by atoms with Gasteiger partial charge in [-0.05, 0) is 50.1 Å². The van der Waals surface area contributed by atoms with Crippen LogP contribution in [-0.2, 0) is 19.6 Å². The summed E-state index contributed by atoms with van der Waals surface area (Å²) in [5.74, 6) is 5.99. The summed E-state index contributed by atoms with van der Waals surface area (Å²) >= 11 is 0. The van der Waals surface area contributed by atoms with Gasteiger partial charge in [-0.3, -0.25) is 9.78 Å². The molecular formula is C28H35N3O6S. The number of ether oxygens (including phenoxy) is 2. The van der Waals surface area contributed by atoms with Crippen LogP contribution >= 0.6 is 0 Å². The van der Waals surface area contributed by atoms with Crippen molar-refractivity contribution in [2.24, 2.45) is 11.8 Å². The molecule has 0 radical (unpaired) electrons. The SMILES string of the molecule is C[C@@H]1CN([C@H](C)CO)S(=O)(=O)c2ccc(C#Cc3ccncc3)cc2O[C@@H]1CN(C)C(=O)C1CCOCC1. The highest BCUT2D eigenvalue weighted by molar-refractivity contribution is 7.89. The van der Waals surface area contributed by atoms with Gasteiger partial charge in [0.1, 0.15) is 16.7 Å². The molecule has 1 amide bonds. The molecule has 0 bridgehead atoms. The lowest BCUT2D eigenvalue weighted by atomic mass is 9.97. The molecule has 0 spiro atoms. The number of hydrogen-bond donors (Lipinski definition) is 1. The van der Waals surface area contributed by atoms with E-state index in [4.69, 9.17) is 9.47 Å². The van der Waals surface area contributed by atoms with E-state index in [0.29, 0.717) is 38.2 Å². The van der Waals surface area contributed by atoms with Gasteiger partial charge in [-0.2, -0.15) is 4.31 Å². The number of fused-ring (bicyclic) bond motifs is 1. The lowest BCUT2D eigenvalue weighted by molar-refractivity contribution is -0.138. The summed E-state index contributed by atoms with van der Waals surface area (Å²) in [7, 11) is -2.20. The third kappa shape index (κ3) is 6.35. The third-order valence-electron chi connectivity index (χ3n) is 7.10. The van der Waals surface area contributed by atoms with Crippen LogP contribution in [0.1, 0.15) is 37.8 Å². The zero-order valence-corrected chi connectivity index (χ0v) is 22.9. The van der Waals surface area contributed by atoms with Gasteiger partial charge in [0.15, 0.2) is 0 Å². The molecular weight excluding hydrogens is 506 g/mol. The van der Waals surface area contributed by atoms with E-state index in [-0.39, 0.29) is 41.5 Å². The largest absolute Gasteiger partial charge is 0.487 e. The van der Waals surface area contributed by atoms with E-state index in [1.54, 1.807) is 55.5 Å². The highest BCUT2D eigenvalue weighted by Crippen LogP contribution is 2.34. The van der Waals surface area contributed by atoms with Gasteiger partial charge in [0.05, 0.1) is 13.2 Å². The van der Waals surface area contributed by atoms with Gasteiger partial charge in [-0.25, -0.2) is 8.42 Å². The van der Waals surface area contributed by atoms with Gasteiger partial charge in [0.25, 0.3) is 0 Å². The van der Waals surface area contributed by atoms with Crippen molar-refractivity contribution < 1.29 is 27.8 Å². The molecule has 9 nitrogen and oxygen atoms in total. The van der Waals surface area contributed by atoms with Crippen LogP contribution < -0.4 is 4.74 Å². The summed E-state index contributed by atoms with van der Waals surface area (Å²) in [5, 5.41) is 9.84. The molecule has 0 aliphatic carbocycles. The number of aliphatic hydroxyl groups excluding tert-OH is 1. The number of nitrogens with zero attached hydrogens (tertiary/aromatic N) is 3. The number of rotatable bonds is 5. The Morgan fingerprint density at radius 3 is 2.55 bits per heavy atom. The zero-order chi connectivity index (χ0) is 27.3. The Kier molecular flexibility index (Phi) is 9.05. The molecule has 3 heterocycles. The van der Waals surface area contributed by atoms with Crippen LogP contribution in [0.5, 0.6) is 5.75 Å². The Morgan fingerprint density at radius 1 is 1.18 bits per heavy atom. The molecule has 2 aromatic rings. The van der Waals surface area contributed by atoms with Gasteiger partial charge in [0.2, 0.25) is 15.9 Å². The first-order valence-electron chi connectivity index (χ1n) is 12.9. The van der Waals surface area contributed by atoms with E-state index in [9.17, 15) is 18.3 Å². The minimum Gasteiger partial charge on any atom is -0.487 e. The van der Waals surface area contributed by atoms with Crippen molar-refractivity contribution >= 4 is 15.9 Å². The standard InChI is InChI=1S/C28H35N3O6S/c1-20-17-31(21(2)19-32)38(34,35)27-7-6-23(5-4-22-8-12-29-13-9-22)16-25(27)37-26(20)18-30(3)28(33)24-10-14-36-15-11-24/h6-9,12-13,16,20-21,24,26,32H,10-11,14-15,17-19H2,1-3H3/t20-,21-,26-/m1/s1. The van der Waals surface area contributed by atoms with Crippen LogP contribution in [0.4, 0.5) is 0 Å². The number of carbonyl (C=O) groups is 1. The van der Waals surface area contributed by atoms with Crippen molar-refractivity contribution in [3.05, 3.63) is 53.9 Å². The van der Waals surface area contributed by atoms with Crippen molar-refractivity contribution in [1.29, 1.82) is 0 Å². The molecule has 1 N–H and O–H groups in total. The first-order chi connectivity index (χ1) is 18.2. The number of amides is 1. The van der Waals surface area contributed by atoms with Crippen LogP contribution in [0.3, 0.4) is 0 Å². The molecule has 1 aromatic heterocycles. The predicted octanol–water partition coefficient (Wildman–Crippen LogP) is 2.14. The fraction of sp³-hybridized carbons (Fsp3) is 0.500. The van der Waals surface area contributed by atoms with E-state index in [1.807, 2.05) is 6.92 Å². The number of aromatic nitrogens is 1. The number of benzene rings is 1. The highest BCUT2D eigenvalue weighted by atomic mass is 32.2. The van der Waals surface area contributed by atoms with Gasteiger partial charge >= 0.3 is 0 Å². The molecule has 1 aromatic carbocycles. The summed E-state index contributed by atoms with van der Waals surface area (Å²) in [5.41, 5.74) is 1.37. The van der Waals surface area contributed by atoms with Crippen molar-refractivity contribution in [1.82, 2.24) is 14.2 Å². The molecule has 0 saturated carbocycles. The van der Waals surface area contributed by atoms with E-state index < -0.39 is 22.2 Å². The monoisotopic (exact) mass is 541 g/mol. The molecule has 38 heavy (non-hydrogen) atoms. The Labute approximate surface area is 224 Å². The van der Waals surface area contributed by atoms with E-state index >= 15 is 0 Å². The maximum atomic E-state index is 13.7. The second kappa shape index (κ2) is 12.3. The van der Waals surface area contributed by atoms with Crippen molar-refractivity contribution in [2.45, 2.75) is 43.7 Å². The summed E-state index contributed by atoms with van der Waals surface area (Å²) in [6.07, 6.45) is 4.21. The van der Waals surface area contributed by atoms with Crippen LogP contribution in [0, 0.1) is 23.7 Å². The van der Waals surface area contributed by atoms with E-state index in [0.717, 1.165) is 5.56 Å². The summed E-state index contributed by atoms with van der Waals surface area (Å²) in [6.45, 7) is 4.86. The van der Waals surface area contributed by atoms with E-state index in [2.05, 4.69) is 16.8 Å². The van der Waals surface area contributed by atoms with Gasteiger partial charge in [0, 0.05) is 68.2 Å². The molecule has 0 unspecified atom stereocenters. The van der Waals surface area contributed by atoms with Crippen LogP contribution in [-0.4, -0.2) is 85.7 Å². The number of sulfonamides is 1. The van der Waals surface area contributed by atoms with Crippen LogP contribution in [0.2, 0.25) is 0 Å². The summed E-state index contributed by atoms with van der Waals surface area (Å²) in [4.78, 5) is 18.8. The minimum atomic E-state index is -3.96. The molecule has 1 saturated heterocycles. The second-order valence-corrected chi connectivity index (χ2v) is 11.9. The number of aliphatic hydroxyl groups is 1. The second-order valence-electron chi connectivity index (χ2n) is 9.99. The smallest absolute Gasteiger partial charge is 0.247 e. The molecule has 4 rings (SSSR count). The Balaban J connectivity index is 1.68. The maximum absolute atomic E-state index is 13.7. The fourth-order valence-corrected chi connectivity index (χ4v) is 6.54. The van der Waals surface area contributed by atoms with E-state index in [1.165, 1.54) is 10.4 Å². The quantitative estimate of drug-likeness (QED) is 0.578. The van der Waals surface area contributed by atoms with Gasteiger partial charge in [-0.15, -0.1) is 0 Å². The van der Waals surface area contributed by atoms with Crippen molar-refractivity contribution in [3.8, 4) is 17.6 Å². The summed E-state index contributed by atoms with van der Waals surface area (Å²) in [6, 6.07) is 7.74. The molecule has 3 atom stereocenters. The third-order valence-corrected chi connectivity index (χ3v) is 9.12. The van der Waals surface area contributed by atoms with Gasteiger partial charge in [-0.1, -0.05) is 18.8 Å². The normalized spacial score (nSPS) is 22.5. The maximum Gasteiger partial charge on any atom is 0.247 e. The Bertz CT molecular complexity index is 1280. The first kappa shape index (κ1) is 28.0. The highest BCUT2D eigenvalue weighted by Gasteiger charge is 2.38. The molecule has 1 fully saturated rings. The zero-order valence-electron chi connectivity index (χ0n) is 22.0. The number of likely N-dealkylation sites (N-methyl/N-ethyl adjacent to an activating group) is 1. The fourth-order valence-electron chi connectivity index (χ4n) is 4.72. The molecule has 2 aliphatic heterocycles. The lowest BCUT2D eigenvalue weighted by Crippen LogP contribution is -2.50. The average Bonchev–Trinajstić information content (AvgIpc) is 2.93. The Hall–Kier alpha value is -2.97. The first-order valence-corrected chi connectivity index (χ1v) is 14.3.